The molecule has 2 aromatic carbocycles. The maximum Gasteiger partial charge on any atom is 0.328 e. The van der Waals surface area contributed by atoms with Gasteiger partial charge in [0.25, 0.3) is 5.56 Å². The van der Waals surface area contributed by atoms with Crippen LogP contribution in [0.15, 0.2) is 77.7 Å². The molecule has 4 rings (SSSR count). The highest BCUT2D eigenvalue weighted by Gasteiger charge is 2.26. The second kappa shape index (κ2) is 8.83. The fourth-order valence-corrected chi connectivity index (χ4v) is 3.75. The quantitative estimate of drug-likeness (QED) is 0.586. The van der Waals surface area contributed by atoms with Gasteiger partial charge >= 0.3 is 5.97 Å². The Bertz CT molecular complexity index is 1210. The highest BCUT2D eigenvalue weighted by atomic mass is 16.4. The lowest BCUT2D eigenvalue weighted by Gasteiger charge is -2.27. The van der Waals surface area contributed by atoms with Gasteiger partial charge in [-0.2, -0.15) is 0 Å². The van der Waals surface area contributed by atoms with Crippen molar-refractivity contribution in [1.82, 2.24) is 9.55 Å². The first-order chi connectivity index (χ1) is 15.0. The van der Waals surface area contributed by atoms with Crippen molar-refractivity contribution >= 4 is 23.3 Å². The Labute approximate surface area is 180 Å². The molecule has 1 unspecified atom stereocenters. The molecule has 0 bridgehead atoms. The number of carboxylic acids is 1. The van der Waals surface area contributed by atoms with Crippen LogP contribution >= 0.6 is 0 Å². The standard InChI is InChI=1S/C25H23N3O3/c1-17-12-13-19(16-26-20-10-6-3-7-11-20)24-27-23(18-8-4-2-5-9-18)21(14-15-22(29)30)25(31)28(17)24/h2-11,14-17,26H,12-13H2,1H3,(H,29,30)/b15-14+,19-16+. The largest absolute Gasteiger partial charge is 0.478 e. The summed E-state index contributed by atoms with van der Waals surface area (Å²) in [7, 11) is 0. The van der Waals surface area contributed by atoms with Crippen LogP contribution in [0.4, 0.5) is 5.69 Å². The van der Waals surface area contributed by atoms with Crippen LogP contribution in [0.1, 0.15) is 37.2 Å². The van der Waals surface area contributed by atoms with E-state index in [4.69, 9.17) is 10.1 Å². The molecule has 1 aliphatic rings. The van der Waals surface area contributed by atoms with Gasteiger partial charge < -0.3 is 10.4 Å². The van der Waals surface area contributed by atoms with Crippen molar-refractivity contribution in [3.63, 3.8) is 0 Å². The van der Waals surface area contributed by atoms with Crippen LogP contribution in [-0.2, 0) is 4.79 Å². The van der Waals surface area contributed by atoms with Crippen LogP contribution in [0.25, 0.3) is 22.9 Å². The number of carbonyl (C=O) groups is 1. The van der Waals surface area contributed by atoms with Gasteiger partial charge in [0.05, 0.1) is 11.3 Å². The normalized spacial score (nSPS) is 16.9. The number of nitrogens with zero attached hydrogens (tertiary/aromatic N) is 2. The van der Waals surface area contributed by atoms with Crippen LogP contribution in [0.5, 0.6) is 0 Å². The number of hydrogen-bond acceptors (Lipinski definition) is 4. The van der Waals surface area contributed by atoms with Crippen LogP contribution in [-0.4, -0.2) is 20.6 Å². The third-order valence-electron chi connectivity index (χ3n) is 5.34. The molecular formula is C25H23N3O3. The van der Waals surface area contributed by atoms with E-state index in [9.17, 15) is 9.59 Å². The minimum Gasteiger partial charge on any atom is -0.478 e. The number of nitrogens with one attached hydrogen (secondary N) is 1. The molecule has 0 spiro atoms. The van der Waals surface area contributed by atoms with Crippen LogP contribution in [0.3, 0.4) is 0 Å². The molecule has 31 heavy (non-hydrogen) atoms. The molecule has 1 aliphatic heterocycles. The van der Waals surface area contributed by atoms with E-state index in [0.717, 1.165) is 35.7 Å². The van der Waals surface area contributed by atoms with E-state index in [0.29, 0.717) is 11.5 Å². The Balaban J connectivity index is 1.89. The third-order valence-corrected chi connectivity index (χ3v) is 5.34. The van der Waals surface area contributed by atoms with Gasteiger partial charge in [-0.25, -0.2) is 9.78 Å². The minimum absolute atomic E-state index is 0.0364. The molecule has 3 aromatic rings. The number of allylic oxidation sites excluding steroid dienone is 1. The van der Waals surface area contributed by atoms with E-state index in [1.54, 1.807) is 4.57 Å². The van der Waals surface area contributed by atoms with Crippen molar-refractivity contribution in [3.05, 3.63) is 94.7 Å². The number of aliphatic carboxylic acids is 1. The Kier molecular flexibility index (Phi) is 5.80. The summed E-state index contributed by atoms with van der Waals surface area (Å²) in [6.45, 7) is 1.99. The van der Waals surface area contributed by atoms with E-state index >= 15 is 0 Å². The molecule has 1 atom stereocenters. The first kappa shape index (κ1) is 20.3. The van der Waals surface area contributed by atoms with Crippen molar-refractivity contribution in [2.75, 3.05) is 5.32 Å². The van der Waals surface area contributed by atoms with Gasteiger partial charge in [-0.1, -0.05) is 48.5 Å². The summed E-state index contributed by atoms with van der Waals surface area (Å²) in [6, 6.07) is 19.1. The van der Waals surface area contributed by atoms with Crippen LogP contribution < -0.4 is 10.9 Å². The Morgan fingerprint density at radius 3 is 2.48 bits per heavy atom. The van der Waals surface area contributed by atoms with Gasteiger partial charge in [-0.15, -0.1) is 0 Å². The second-order valence-electron chi connectivity index (χ2n) is 7.48. The summed E-state index contributed by atoms with van der Waals surface area (Å²) in [5.74, 6) is -0.500. The van der Waals surface area contributed by atoms with Crippen LogP contribution in [0.2, 0.25) is 0 Å². The molecule has 0 fully saturated rings. The number of hydrogen-bond donors (Lipinski definition) is 2. The molecule has 6 nitrogen and oxygen atoms in total. The summed E-state index contributed by atoms with van der Waals surface area (Å²) in [5, 5.41) is 12.4. The SMILES string of the molecule is CC1CC/C(=C\Nc2ccccc2)c2nc(-c3ccccc3)c(/C=C/C(=O)O)c(=O)n21. The summed E-state index contributed by atoms with van der Waals surface area (Å²) in [5.41, 5.74) is 3.17. The average Bonchev–Trinajstić information content (AvgIpc) is 2.78. The molecule has 156 valence electrons. The second-order valence-corrected chi connectivity index (χ2v) is 7.48. The molecule has 2 N–H and O–H groups in total. The lowest BCUT2D eigenvalue weighted by Crippen LogP contribution is -2.33. The van der Waals surface area contributed by atoms with Crippen molar-refractivity contribution in [1.29, 1.82) is 0 Å². The first-order valence-electron chi connectivity index (χ1n) is 10.2. The lowest BCUT2D eigenvalue weighted by atomic mass is 9.98. The molecular weight excluding hydrogens is 390 g/mol. The van der Waals surface area contributed by atoms with Crippen LogP contribution in [0, 0.1) is 0 Å². The zero-order chi connectivity index (χ0) is 21.8. The van der Waals surface area contributed by atoms with Gasteiger partial charge in [-0.3, -0.25) is 9.36 Å². The number of rotatable bonds is 5. The number of benzene rings is 2. The molecule has 0 saturated heterocycles. The summed E-state index contributed by atoms with van der Waals surface area (Å²) in [6.07, 6.45) is 5.82. The van der Waals surface area contributed by atoms with E-state index in [1.165, 1.54) is 6.08 Å². The Hall–Kier alpha value is -3.93. The van der Waals surface area contributed by atoms with Gasteiger partial charge in [0, 0.05) is 35.1 Å². The smallest absolute Gasteiger partial charge is 0.328 e. The lowest BCUT2D eigenvalue weighted by molar-refractivity contribution is -0.131. The van der Waals surface area contributed by atoms with Gasteiger partial charge in [0.15, 0.2) is 0 Å². The van der Waals surface area contributed by atoms with E-state index in [-0.39, 0.29) is 17.2 Å². The molecule has 6 heteroatoms. The maximum atomic E-state index is 13.5. The average molecular weight is 413 g/mol. The number of anilines is 1. The summed E-state index contributed by atoms with van der Waals surface area (Å²) >= 11 is 0. The zero-order valence-electron chi connectivity index (χ0n) is 17.2. The van der Waals surface area contributed by atoms with Gasteiger partial charge in [0.2, 0.25) is 0 Å². The molecule has 0 aliphatic carbocycles. The number of carboxylic acid groups (broad SMARTS) is 1. The van der Waals surface area contributed by atoms with Crippen molar-refractivity contribution < 1.29 is 9.90 Å². The summed E-state index contributed by atoms with van der Waals surface area (Å²) in [4.78, 5) is 29.5. The zero-order valence-corrected chi connectivity index (χ0v) is 17.2. The molecule has 0 amide bonds. The highest BCUT2D eigenvalue weighted by Crippen LogP contribution is 2.32. The molecule has 2 heterocycles. The number of fused-ring (bicyclic) bond motifs is 1. The third kappa shape index (κ3) is 4.33. The van der Waals surface area contributed by atoms with Crippen molar-refractivity contribution in [2.24, 2.45) is 0 Å². The van der Waals surface area contributed by atoms with E-state index < -0.39 is 5.97 Å². The number of aromatic nitrogens is 2. The Morgan fingerprint density at radius 2 is 1.81 bits per heavy atom. The fraction of sp³-hybridized carbons (Fsp3) is 0.160. The predicted molar refractivity (Wildman–Crippen MR) is 123 cm³/mol. The Morgan fingerprint density at radius 1 is 1.13 bits per heavy atom. The predicted octanol–water partition coefficient (Wildman–Crippen LogP) is 4.82. The molecule has 1 aromatic heterocycles. The fourth-order valence-electron chi connectivity index (χ4n) is 3.75. The topological polar surface area (TPSA) is 84.2 Å². The van der Waals surface area contributed by atoms with Gasteiger partial charge in [0.1, 0.15) is 5.82 Å². The summed E-state index contributed by atoms with van der Waals surface area (Å²) < 4.78 is 1.68. The van der Waals surface area contributed by atoms with E-state index in [1.807, 2.05) is 73.8 Å². The molecule has 0 radical (unpaired) electrons. The molecule has 0 saturated carbocycles. The minimum atomic E-state index is -1.11. The first-order valence-corrected chi connectivity index (χ1v) is 10.2. The van der Waals surface area contributed by atoms with Gasteiger partial charge in [-0.05, 0) is 38.0 Å². The van der Waals surface area contributed by atoms with E-state index in [2.05, 4.69) is 5.32 Å². The van der Waals surface area contributed by atoms with Crippen molar-refractivity contribution in [3.8, 4) is 11.3 Å². The maximum absolute atomic E-state index is 13.5. The monoisotopic (exact) mass is 413 g/mol. The number of para-hydroxylation sites is 1. The van der Waals surface area contributed by atoms with Crippen molar-refractivity contribution in [2.45, 2.75) is 25.8 Å². The highest BCUT2D eigenvalue weighted by molar-refractivity contribution is 5.87.